The summed E-state index contributed by atoms with van der Waals surface area (Å²) in [5.74, 6) is -4.11. The van der Waals surface area contributed by atoms with Crippen LogP contribution in [0.5, 0.6) is 11.5 Å². The van der Waals surface area contributed by atoms with Crippen LogP contribution in [0.15, 0.2) is 59.7 Å². The number of rotatable bonds is 5. The first kappa shape index (κ1) is 23.0. The minimum absolute atomic E-state index is 0.336. The molecular weight excluding hydrogens is 477 g/mol. The van der Waals surface area contributed by atoms with E-state index in [0.717, 1.165) is 5.01 Å². The molecule has 0 radical (unpaired) electrons. The van der Waals surface area contributed by atoms with Crippen LogP contribution >= 0.6 is 23.4 Å². The number of para-hydroxylation sites is 1. The standard InChI is InChI=1S/C23H16ClF3N2O3S/c1-31-18-5-3-4-15(20(18)32-2)23-29(22(30)19-16(26)10-14(25)11-17(19)27)28-21(33-23)12-6-8-13(24)9-7-12/h3-11,23H,1-2H3/t23-/m0/s1. The van der Waals surface area contributed by atoms with Crippen LogP contribution in [0.2, 0.25) is 5.02 Å². The van der Waals surface area contributed by atoms with Crippen molar-refractivity contribution in [3.8, 4) is 11.5 Å². The summed E-state index contributed by atoms with van der Waals surface area (Å²) in [6.07, 6.45) is 0. The van der Waals surface area contributed by atoms with Crippen LogP contribution in [0.4, 0.5) is 13.2 Å². The number of amides is 1. The Morgan fingerprint density at radius 1 is 1.03 bits per heavy atom. The van der Waals surface area contributed by atoms with Gasteiger partial charge in [-0.1, -0.05) is 47.6 Å². The number of methoxy groups -OCH3 is 2. The van der Waals surface area contributed by atoms with Gasteiger partial charge in [-0.05, 0) is 18.2 Å². The van der Waals surface area contributed by atoms with Crippen molar-refractivity contribution in [2.45, 2.75) is 5.37 Å². The van der Waals surface area contributed by atoms with Crippen molar-refractivity contribution in [2.75, 3.05) is 14.2 Å². The van der Waals surface area contributed by atoms with Gasteiger partial charge in [-0.3, -0.25) is 4.79 Å². The minimum atomic E-state index is -1.32. The van der Waals surface area contributed by atoms with Crippen LogP contribution in [0.1, 0.15) is 26.9 Å². The van der Waals surface area contributed by atoms with Gasteiger partial charge in [0, 0.05) is 28.3 Å². The molecule has 1 aliphatic rings. The Kier molecular flexibility index (Phi) is 6.53. The molecule has 1 heterocycles. The molecule has 3 aromatic carbocycles. The molecule has 170 valence electrons. The summed E-state index contributed by atoms with van der Waals surface area (Å²) in [4.78, 5) is 13.3. The van der Waals surface area contributed by atoms with E-state index < -0.39 is 34.3 Å². The summed E-state index contributed by atoms with van der Waals surface area (Å²) in [6.45, 7) is 0. The fourth-order valence-electron chi connectivity index (χ4n) is 3.36. The highest BCUT2D eigenvalue weighted by Crippen LogP contribution is 2.47. The Morgan fingerprint density at radius 2 is 1.70 bits per heavy atom. The van der Waals surface area contributed by atoms with Gasteiger partial charge in [0.2, 0.25) is 0 Å². The van der Waals surface area contributed by atoms with Crippen molar-refractivity contribution in [3.63, 3.8) is 0 Å². The number of benzene rings is 3. The van der Waals surface area contributed by atoms with E-state index in [9.17, 15) is 18.0 Å². The maximum absolute atomic E-state index is 14.4. The fraction of sp³-hybridized carbons (Fsp3) is 0.130. The minimum Gasteiger partial charge on any atom is -0.493 e. The van der Waals surface area contributed by atoms with Crippen molar-refractivity contribution in [3.05, 3.63) is 93.8 Å². The topological polar surface area (TPSA) is 51.1 Å². The van der Waals surface area contributed by atoms with Gasteiger partial charge in [0.15, 0.2) is 11.5 Å². The molecule has 0 spiro atoms. The van der Waals surface area contributed by atoms with Gasteiger partial charge in [-0.15, -0.1) is 0 Å². The second-order valence-electron chi connectivity index (χ2n) is 6.86. The number of carbonyl (C=O) groups excluding carboxylic acids is 1. The Hall–Kier alpha value is -3.17. The molecule has 0 aromatic heterocycles. The Balaban J connectivity index is 1.84. The van der Waals surface area contributed by atoms with E-state index in [1.807, 2.05) is 0 Å². The highest BCUT2D eigenvalue weighted by molar-refractivity contribution is 8.14. The molecule has 5 nitrogen and oxygen atoms in total. The molecule has 3 aromatic rings. The molecule has 33 heavy (non-hydrogen) atoms. The number of hydrazone groups is 1. The van der Waals surface area contributed by atoms with Crippen LogP contribution < -0.4 is 9.47 Å². The maximum Gasteiger partial charge on any atom is 0.281 e. The van der Waals surface area contributed by atoms with Gasteiger partial charge >= 0.3 is 0 Å². The van der Waals surface area contributed by atoms with Crippen LogP contribution in [-0.4, -0.2) is 30.2 Å². The molecule has 0 bridgehead atoms. The first-order valence-electron chi connectivity index (χ1n) is 9.54. The fourth-order valence-corrected chi connectivity index (χ4v) is 4.66. The van der Waals surface area contributed by atoms with Crippen molar-refractivity contribution >= 4 is 34.3 Å². The molecule has 0 aliphatic carbocycles. The molecule has 0 fully saturated rings. The zero-order valence-electron chi connectivity index (χ0n) is 17.3. The van der Waals surface area contributed by atoms with Gasteiger partial charge in [0.1, 0.15) is 33.4 Å². The van der Waals surface area contributed by atoms with Gasteiger partial charge < -0.3 is 9.47 Å². The highest BCUT2D eigenvalue weighted by Gasteiger charge is 2.39. The zero-order chi connectivity index (χ0) is 23.7. The number of ether oxygens (including phenoxy) is 2. The zero-order valence-corrected chi connectivity index (χ0v) is 18.9. The van der Waals surface area contributed by atoms with E-state index in [4.69, 9.17) is 21.1 Å². The molecular formula is C23H16ClF3N2O3S. The lowest BCUT2D eigenvalue weighted by Gasteiger charge is -2.24. The molecule has 0 saturated heterocycles. The average Bonchev–Trinajstić information content (AvgIpc) is 3.23. The number of halogens is 4. The van der Waals surface area contributed by atoms with Crippen LogP contribution in [-0.2, 0) is 0 Å². The van der Waals surface area contributed by atoms with Gasteiger partial charge in [-0.2, -0.15) is 5.10 Å². The largest absolute Gasteiger partial charge is 0.493 e. The lowest BCUT2D eigenvalue weighted by Crippen LogP contribution is -2.28. The summed E-state index contributed by atoms with van der Waals surface area (Å²) in [6, 6.07) is 12.7. The number of hydrogen-bond acceptors (Lipinski definition) is 5. The lowest BCUT2D eigenvalue weighted by atomic mass is 10.1. The summed E-state index contributed by atoms with van der Waals surface area (Å²) in [5.41, 5.74) is 0.224. The van der Waals surface area contributed by atoms with E-state index in [-0.39, 0.29) is 0 Å². The maximum atomic E-state index is 14.4. The van der Waals surface area contributed by atoms with Crippen molar-refractivity contribution in [2.24, 2.45) is 5.10 Å². The number of hydrogen-bond donors (Lipinski definition) is 0. The van der Waals surface area contributed by atoms with E-state index >= 15 is 0 Å². The number of nitrogens with zero attached hydrogens (tertiary/aromatic N) is 2. The molecule has 0 N–H and O–H groups in total. The van der Waals surface area contributed by atoms with Crippen molar-refractivity contribution in [1.29, 1.82) is 0 Å². The molecule has 0 unspecified atom stereocenters. The third kappa shape index (κ3) is 4.38. The van der Waals surface area contributed by atoms with E-state index in [1.165, 1.54) is 26.0 Å². The van der Waals surface area contributed by atoms with Crippen LogP contribution in [0, 0.1) is 17.5 Å². The van der Waals surface area contributed by atoms with Gasteiger partial charge in [-0.25, -0.2) is 18.2 Å². The normalized spacial score (nSPS) is 15.4. The molecule has 1 atom stereocenters. The predicted molar refractivity (Wildman–Crippen MR) is 120 cm³/mol. The monoisotopic (exact) mass is 492 g/mol. The predicted octanol–water partition coefficient (Wildman–Crippen LogP) is 6.02. The third-order valence-corrected chi connectivity index (χ3v) is 6.33. The summed E-state index contributed by atoms with van der Waals surface area (Å²) < 4.78 is 53.1. The Morgan fingerprint density at radius 3 is 2.30 bits per heavy atom. The molecule has 1 amide bonds. The quantitative estimate of drug-likeness (QED) is 0.437. The highest BCUT2D eigenvalue weighted by atomic mass is 35.5. The lowest BCUT2D eigenvalue weighted by molar-refractivity contribution is 0.0737. The third-order valence-electron chi connectivity index (χ3n) is 4.86. The smallest absolute Gasteiger partial charge is 0.281 e. The van der Waals surface area contributed by atoms with Crippen LogP contribution in [0.3, 0.4) is 0 Å². The van der Waals surface area contributed by atoms with Crippen molar-refractivity contribution in [1.82, 2.24) is 5.01 Å². The Bertz CT molecular complexity index is 1230. The first-order chi connectivity index (χ1) is 15.8. The summed E-state index contributed by atoms with van der Waals surface area (Å²) in [7, 11) is 2.90. The number of thioether (sulfide) groups is 1. The van der Waals surface area contributed by atoms with Gasteiger partial charge in [0.05, 0.1) is 14.2 Å². The van der Waals surface area contributed by atoms with Gasteiger partial charge in [0.25, 0.3) is 5.91 Å². The first-order valence-corrected chi connectivity index (χ1v) is 10.8. The SMILES string of the molecule is COc1cccc([C@@H]2SC(c3ccc(Cl)cc3)=NN2C(=O)c2c(F)cc(F)cc2F)c1OC. The molecule has 10 heteroatoms. The Labute approximate surface area is 196 Å². The molecule has 4 rings (SSSR count). The van der Waals surface area contributed by atoms with Crippen LogP contribution in [0.25, 0.3) is 0 Å². The summed E-state index contributed by atoms with van der Waals surface area (Å²) >= 11 is 7.14. The second-order valence-corrected chi connectivity index (χ2v) is 8.36. The van der Waals surface area contributed by atoms with E-state index in [1.54, 1.807) is 42.5 Å². The number of carbonyl (C=O) groups is 1. The second kappa shape index (κ2) is 9.36. The summed E-state index contributed by atoms with van der Waals surface area (Å²) in [5, 5.41) is 5.38. The molecule has 0 saturated carbocycles. The van der Waals surface area contributed by atoms with E-state index in [0.29, 0.717) is 44.8 Å². The average molecular weight is 493 g/mol. The van der Waals surface area contributed by atoms with E-state index in [2.05, 4.69) is 5.10 Å². The van der Waals surface area contributed by atoms with Crippen molar-refractivity contribution < 1.29 is 27.4 Å². The molecule has 1 aliphatic heterocycles.